The van der Waals surface area contributed by atoms with Gasteiger partial charge in [-0.25, -0.2) is 4.98 Å². The minimum atomic E-state index is -4.54. The molecule has 3 atom stereocenters. The molecule has 2 heterocycles. The molecule has 2 aromatic rings. The summed E-state index contributed by atoms with van der Waals surface area (Å²) in [4.78, 5) is 15.3. The Kier molecular flexibility index (Phi) is 5.93. The van der Waals surface area contributed by atoms with Crippen LogP contribution in [0.15, 0.2) is 24.5 Å². The lowest BCUT2D eigenvalue weighted by atomic mass is 9.89. The topological polar surface area (TPSA) is 122 Å². The van der Waals surface area contributed by atoms with Crippen molar-refractivity contribution in [3.05, 3.63) is 35.8 Å². The zero-order chi connectivity index (χ0) is 23.0. The number of pyridine rings is 1. The van der Waals surface area contributed by atoms with E-state index in [1.165, 1.54) is 25.1 Å². The number of rotatable bonds is 7. The Morgan fingerprint density at radius 2 is 2.03 bits per heavy atom. The molecule has 0 aromatic carbocycles. The third kappa shape index (κ3) is 4.93. The third-order valence-corrected chi connectivity index (χ3v) is 6.12. The molecule has 0 spiro atoms. The summed E-state index contributed by atoms with van der Waals surface area (Å²) in [6.45, 7) is 2.19. The lowest BCUT2D eigenvalue weighted by Crippen LogP contribution is -2.43. The number of aromatic nitrogens is 3. The third-order valence-electron chi connectivity index (χ3n) is 6.12. The molecule has 172 valence electrons. The molecule has 5 N–H and O–H groups in total. The van der Waals surface area contributed by atoms with Gasteiger partial charge in [0, 0.05) is 30.4 Å². The molecule has 2 aliphatic rings. The summed E-state index contributed by atoms with van der Waals surface area (Å²) in [7, 11) is 0. The van der Waals surface area contributed by atoms with E-state index in [1.807, 2.05) is 0 Å². The number of primary amides is 1. The Balaban J connectivity index is 1.47. The molecule has 0 unspecified atom stereocenters. The van der Waals surface area contributed by atoms with Crippen molar-refractivity contribution in [3.63, 3.8) is 0 Å². The average Bonchev–Trinajstić information content (AvgIpc) is 3.49. The van der Waals surface area contributed by atoms with Crippen LogP contribution in [0.3, 0.4) is 0 Å². The predicted octanol–water partition coefficient (Wildman–Crippen LogP) is 3.64. The first-order valence-electron chi connectivity index (χ1n) is 10.6. The zero-order valence-corrected chi connectivity index (χ0v) is 17.6. The van der Waals surface area contributed by atoms with E-state index in [2.05, 4.69) is 27.6 Å². The molecule has 0 bridgehead atoms. The Morgan fingerprint density at radius 1 is 1.28 bits per heavy atom. The maximum atomic E-state index is 12.7. The summed E-state index contributed by atoms with van der Waals surface area (Å²) in [5.41, 5.74) is 5.31. The minimum absolute atomic E-state index is 0.0975. The number of halogens is 3. The van der Waals surface area contributed by atoms with Crippen LogP contribution in [0.5, 0.6) is 0 Å². The number of nitrogens with zero attached hydrogens (tertiary/aromatic N) is 3. The number of carbonyl (C=O) groups is 1. The molecule has 4 rings (SSSR count). The summed E-state index contributed by atoms with van der Waals surface area (Å²) >= 11 is 0. The highest BCUT2D eigenvalue weighted by molar-refractivity contribution is 5.98. The predicted molar refractivity (Wildman–Crippen MR) is 113 cm³/mol. The zero-order valence-electron chi connectivity index (χ0n) is 17.6. The molecule has 11 heteroatoms. The monoisotopic (exact) mass is 449 g/mol. The van der Waals surface area contributed by atoms with Gasteiger partial charge in [0.2, 0.25) is 0 Å². The van der Waals surface area contributed by atoms with Crippen molar-refractivity contribution < 1.29 is 18.0 Å². The fourth-order valence-electron chi connectivity index (χ4n) is 4.17. The first-order valence-corrected chi connectivity index (χ1v) is 10.6. The highest BCUT2D eigenvalue weighted by Gasteiger charge is 2.34. The van der Waals surface area contributed by atoms with Crippen LogP contribution in [0, 0.1) is 11.3 Å². The Hall–Kier alpha value is -2.95. The molecular formula is C21H26F3N7O. The molecule has 0 aliphatic heterocycles. The van der Waals surface area contributed by atoms with Gasteiger partial charge in [0.15, 0.2) is 5.82 Å². The summed E-state index contributed by atoms with van der Waals surface area (Å²) in [5.74, 6) is 0.132. The Labute approximate surface area is 183 Å². The molecule has 2 saturated carbocycles. The lowest BCUT2D eigenvalue weighted by Gasteiger charge is -2.32. The van der Waals surface area contributed by atoms with E-state index < -0.39 is 17.8 Å². The van der Waals surface area contributed by atoms with Crippen LogP contribution < -0.4 is 16.4 Å². The molecule has 0 saturated heterocycles. The first-order chi connectivity index (χ1) is 15.1. The van der Waals surface area contributed by atoms with Gasteiger partial charge in [-0.1, -0.05) is 0 Å². The van der Waals surface area contributed by atoms with Gasteiger partial charge in [-0.05, 0) is 50.7 Å². The van der Waals surface area contributed by atoms with E-state index in [0.29, 0.717) is 24.6 Å². The second-order valence-electron chi connectivity index (χ2n) is 8.60. The van der Waals surface area contributed by atoms with Gasteiger partial charge in [-0.3, -0.25) is 9.48 Å². The van der Waals surface area contributed by atoms with E-state index in [1.54, 1.807) is 4.68 Å². The molecular weight excluding hydrogens is 423 g/mol. The number of hydrogen-bond donors (Lipinski definition) is 4. The van der Waals surface area contributed by atoms with Gasteiger partial charge in [-0.15, -0.1) is 0 Å². The molecule has 1 amide bonds. The van der Waals surface area contributed by atoms with Crippen LogP contribution in [0.2, 0.25) is 0 Å². The van der Waals surface area contributed by atoms with E-state index in [-0.39, 0.29) is 29.2 Å². The Morgan fingerprint density at radius 3 is 2.59 bits per heavy atom. The Bertz CT molecular complexity index is 998. The van der Waals surface area contributed by atoms with Gasteiger partial charge in [0.25, 0.3) is 5.91 Å². The minimum Gasteiger partial charge on any atom is -0.365 e. The molecule has 8 nitrogen and oxygen atoms in total. The van der Waals surface area contributed by atoms with E-state index in [0.717, 1.165) is 24.6 Å². The van der Waals surface area contributed by atoms with Crippen molar-refractivity contribution >= 4 is 23.1 Å². The quantitative estimate of drug-likeness (QED) is 0.514. The van der Waals surface area contributed by atoms with Gasteiger partial charge < -0.3 is 21.8 Å². The molecule has 2 fully saturated rings. The van der Waals surface area contributed by atoms with Crippen molar-refractivity contribution in [2.75, 3.05) is 5.32 Å². The van der Waals surface area contributed by atoms with Crippen LogP contribution in [0.4, 0.5) is 24.7 Å². The van der Waals surface area contributed by atoms with Crippen LogP contribution >= 0.6 is 0 Å². The van der Waals surface area contributed by atoms with Crippen LogP contribution in [0.25, 0.3) is 0 Å². The van der Waals surface area contributed by atoms with Crippen LogP contribution in [0.1, 0.15) is 61.1 Å². The van der Waals surface area contributed by atoms with Crippen molar-refractivity contribution in [1.82, 2.24) is 20.1 Å². The van der Waals surface area contributed by atoms with E-state index in [4.69, 9.17) is 11.1 Å². The SMILES string of the molecule is C[C@H](N[C@H]1CC[C@H](n2cc(C(N)=O)c(Nc3ccc(C(F)(F)F)nc3)n2)C(=N)C1)C1CC1. The highest BCUT2D eigenvalue weighted by Crippen LogP contribution is 2.34. The van der Waals surface area contributed by atoms with Crippen molar-refractivity contribution in [2.24, 2.45) is 11.7 Å². The summed E-state index contributed by atoms with van der Waals surface area (Å²) in [6.07, 6.45) is 2.65. The average molecular weight is 449 g/mol. The molecule has 2 aliphatic carbocycles. The van der Waals surface area contributed by atoms with E-state index >= 15 is 0 Å². The normalized spacial score (nSPS) is 22.6. The number of nitrogens with one attached hydrogen (secondary N) is 3. The highest BCUT2D eigenvalue weighted by atomic mass is 19.4. The van der Waals surface area contributed by atoms with Gasteiger partial charge in [-0.2, -0.15) is 18.3 Å². The number of carbonyl (C=O) groups excluding carboxylic acids is 1. The number of nitrogens with two attached hydrogens (primary N) is 1. The first kappa shape index (κ1) is 22.3. The number of amides is 1. The second-order valence-corrected chi connectivity index (χ2v) is 8.60. The fraction of sp³-hybridized carbons (Fsp3) is 0.524. The largest absolute Gasteiger partial charge is 0.433 e. The summed E-state index contributed by atoms with van der Waals surface area (Å²) in [5, 5.41) is 19.3. The maximum absolute atomic E-state index is 12.7. The summed E-state index contributed by atoms with van der Waals surface area (Å²) < 4.78 is 39.7. The van der Waals surface area contributed by atoms with Crippen LogP contribution in [-0.4, -0.2) is 38.5 Å². The molecule has 32 heavy (non-hydrogen) atoms. The van der Waals surface area contributed by atoms with Crippen LogP contribution in [-0.2, 0) is 6.18 Å². The molecule has 0 radical (unpaired) electrons. The van der Waals surface area contributed by atoms with Gasteiger partial charge >= 0.3 is 6.18 Å². The number of alkyl halides is 3. The van der Waals surface area contributed by atoms with Gasteiger partial charge in [0.05, 0.1) is 17.9 Å². The van der Waals surface area contributed by atoms with Crippen molar-refractivity contribution in [3.8, 4) is 0 Å². The lowest BCUT2D eigenvalue weighted by molar-refractivity contribution is -0.141. The summed E-state index contributed by atoms with van der Waals surface area (Å²) in [6, 6.07) is 2.44. The number of hydrogen-bond acceptors (Lipinski definition) is 6. The maximum Gasteiger partial charge on any atom is 0.433 e. The van der Waals surface area contributed by atoms with E-state index in [9.17, 15) is 18.0 Å². The standard InChI is InChI=1S/C21H26F3N7O/c1-11(12-2-3-12)28-13-4-6-17(16(25)8-13)31-10-15(19(26)32)20(30-31)29-14-5-7-18(27-9-14)21(22,23)24/h5,7,9-13,17,25,28H,2-4,6,8H2,1H3,(H2,26,32)(H,29,30)/t11-,13-,17-/m0/s1. The van der Waals surface area contributed by atoms with Crippen molar-refractivity contribution in [2.45, 2.75) is 63.3 Å². The fourth-order valence-corrected chi connectivity index (χ4v) is 4.17. The van der Waals surface area contributed by atoms with Gasteiger partial charge in [0.1, 0.15) is 11.3 Å². The smallest absolute Gasteiger partial charge is 0.365 e. The number of anilines is 2. The second kappa shape index (κ2) is 8.53. The van der Waals surface area contributed by atoms with Crippen molar-refractivity contribution in [1.29, 1.82) is 5.41 Å². The molecule has 2 aromatic heterocycles.